The third kappa shape index (κ3) is 4.32. The fraction of sp³-hybridized carbons (Fsp3) is 0.185. The van der Waals surface area contributed by atoms with Crippen LogP contribution in [0.4, 0.5) is 5.95 Å². The second kappa shape index (κ2) is 9.31. The van der Waals surface area contributed by atoms with Crippen LogP contribution in [0.5, 0.6) is 0 Å². The number of aryl methyl sites for hydroxylation is 2. The van der Waals surface area contributed by atoms with Gasteiger partial charge in [0.2, 0.25) is 5.91 Å². The van der Waals surface area contributed by atoms with Crippen LogP contribution in [0.15, 0.2) is 84.9 Å². The lowest BCUT2D eigenvalue weighted by Gasteiger charge is -2.32. The van der Waals surface area contributed by atoms with Crippen molar-refractivity contribution in [1.29, 1.82) is 0 Å². The number of aromatic nitrogens is 4. The Morgan fingerprint density at radius 1 is 0.941 bits per heavy atom. The van der Waals surface area contributed by atoms with Crippen LogP contribution in [0.2, 0.25) is 0 Å². The highest BCUT2D eigenvalue weighted by Gasteiger charge is 2.31. The van der Waals surface area contributed by atoms with Gasteiger partial charge in [-0.15, -0.1) is 0 Å². The predicted octanol–water partition coefficient (Wildman–Crippen LogP) is 4.06. The number of nitrogens with one attached hydrogen (secondary N) is 1. The molecule has 4 aromatic rings. The molecule has 1 atom stereocenters. The summed E-state index contributed by atoms with van der Waals surface area (Å²) in [6, 6.07) is 26.3. The Morgan fingerprint density at radius 2 is 1.68 bits per heavy atom. The molecule has 1 aliphatic heterocycles. The van der Waals surface area contributed by atoms with Crippen LogP contribution in [-0.2, 0) is 11.3 Å². The van der Waals surface area contributed by atoms with E-state index in [0.717, 1.165) is 28.0 Å². The zero-order valence-electron chi connectivity index (χ0n) is 19.2. The van der Waals surface area contributed by atoms with Gasteiger partial charge >= 0.3 is 0 Å². The number of amides is 1. The first kappa shape index (κ1) is 21.6. The number of allylic oxidation sites excluding steroid dienone is 1. The van der Waals surface area contributed by atoms with Crippen LogP contribution in [0, 0.1) is 13.8 Å². The molecule has 1 amide bonds. The molecule has 1 aliphatic rings. The number of benzene rings is 3. The molecule has 0 saturated heterocycles. The van der Waals surface area contributed by atoms with Gasteiger partial charge in [0, 0.05) is 6.54 Å². The highest BCUT2D eigenvalue weighted by molar-refractivity contribution is 5.89. The van der Waals surface area contributed by atoms with Crippen molar-refractivity contribution in [2.45, 2.75) is 26.4 Å². The van der Waals surface area contributed by atoms with Crippen molar-refractivity contribution in [2.24, 2.45) is 0 Å². The Labute approximate surface area is 198 Å². The molecule has 170 valence electrons. The van der Waals surface area contributed by atoms with E-state index in [-0.39, 0.29) is 18.5 Å². The number of tetrazole rings is 1. The minimum atomic E-state index is -0.174. The van der Waals surface area contributed by atoms with Crippen molar-refractivity contribution in [3.05, 3.63) is 113 Å². The van der Waals surface area contributed by atoms with Gasteiger partial charge < -0.3 is 5.32 Å². The number of nitrogens with zero attached hydrogens (tertiary/aromatic N) is 5. The fourth-order valence-electron chi connectivity index (χ4n) is 4.18. The number of carbonyl (C=O) groups is 1. The van der Waals surface area contributed by atoms with Crippen LogP contribution in [0.3, 0.4) is 0 Å². The van der Waals surface area contributed by atoms with Gasteiger partial charge in [-0.3, -0.25) is 9.69 Å². The molecule has 34 heavy (non-hydrogen) atoms. The molecule has 1 aromatic heterocycles. The maximum absolute atomic E-state index is 13.0. The average molecular weight is 451 g/mol. The van der Waals surface area contributed by atoms with E-state index >= 15 is 0 Å². The monoisotopic (exact) mass is 450 g/mol. The van der Waals surface area contributed by atoms with Crippen molar-refractivity contribution in [3.8, 4) is 0 Å². The van der Waals surface area contributed by atoms with Crippen LogP contribution < -0.4 is 10.2 Å². The third-order valence-corrected chi connectivity index (χ3v) is 6.11. The lowest BCUT2D eigenvalue weighted by Crippen LogP contribution is -2.40. The molecule has 0 fully saturated rings. The maximum atomic E-state index is 13.0. The molecule has 3 aromatic carbocycles. The van der Waals surface area contributed by atoms with E-state index in [1.165, 1.54) is 5.56 Å². The van der Waals surface area contributed by atoms with Crippen molar-refractivity contribution in [2.75, 3.05) is 11.4 Å². The summed E-state index contributed by atoms with van der Waals surface area (Å²) >= 11 is 0. The molecule has 0 unspecified atom stereocenters. The quantitative estimate of drug-likeness (QED) is 0.480. The lowest BCUT2D eigenvalue weighted by atomic mass is 10.00. The first-order chi connectivity index (χ1) is 16.6. The lowest BCUT2D eigenvalue weighted by molar-refractivity contribution is -0.119. The summed E-state index contributed by atoms with van der Waals surface area (Å²) in [6.07, 6.45) is 2.12. The molecule has 7 heteroatoms. The summed E-state index contributed by atoms with van der Waals surface area (Å²) < 4.78 is 1.77. The molecular weight excluding hydrogens is 424 g/mol. The highest BCUT2D eigenvalue weighted by atomic mass is 16.2. The van der Waals surface area contributed by atoms with Crippen LogP contribution >= 0.6 is 0 Å². The van der Waals surface area contributed by atoms with E-state index in [1.54, 1.807) is 4.68 Å². The smallest absolute Gasteiger partial charge is 0.251 e. The van der Waals surface area contributed by atoms with Gasteiger partial charge in [-0.05, 0) is 52.6 Å². The molecule has 0 aliphatic carbocycles. The van der Waals surface area contributed by atoms with Crippen LogP contribution in [-0.4, -0.2) is 32.7 Å². The summed E-state index contributed by atoms with van der Waals surface area (Å²) in [5, 5.41) is 15.6. The first-order valence-electron chi connectivity index (χ1n) is 11.3. The van der Waals surface area contributed by atoms with Gasteiger partial charge in [0.25, 0.3) is 5.95 Å². The number of hydrogen-bond donors (Lipinski definition) is 1. The second-order valence-electron chi connectivity index (χ2n) is 8.49. The van der Waals surface area contributed by atoms with Crippen molar-refractivity contribution in [1.82, 2.24) is 25.5 Å². The van der Waals surface area contributed by atoms with Crippen molar-refractivity contribution >= 4 is 17.6 Å². The molecule has 0 bridgehead atoms. The zero-order chi connectivity index (χ0) is 23.5. The normalized spacial score (nSPS) is 14.9. The average Bonchev–Trinajstić information content (AvgIpc) is 3.35. The summed E-state index contributed by atoms with van der Waals surface area (Å²) in [4.78, 5) is 14.9. The third-order valence-electron chi connectivity index (χ3n) is 6.11. The summed E-state index contributed by atoms with van der Waals surface area (Å²) in [5.41, 5.74) is 6.42. The Kier molecular flexibility index (Phi) is 5.91. The molecule has 0 radical (unpaired) electrons. The number of fused-ring (bicyclic) bond motifs is 1. The molecule has 5 rings (SSSR count). The van der Waals surface area contributed by atoms with Gasteiger partial charge in [0.15, 0.2) is 0 Å². The van der Waals surface area contributed by atoms with Gasteiger partial charge in [0.1, 0.15) is 12.6 Å². The molecule has 2 heterocycles. The Balaban J connectivity index is 1.47. The highest BCUT2D eigenvalue weighted by Crippen LogP contribution is 2.36. The van der Waals surface area contributed by atoms with E-state index in [9.17, 15) is 4.79 Å². The minimum Gasteiger partial charge on any atom is -0.350 e. The summed E-state index contributed by atoms with van der Waals surface area (Å²) in [5.74, 6) is 0.436. The maximum Gasteiger partial charge on any atom is 0.251 e. The summed E-state index contributed by atoms with van der Waals surface area (Å²) in [6.45, 7) is 4.69. The molecule has 0 saturated carbocycles. The van der Waals surface area contributed by atoms with Gasteiger partial charge in [-0.1, -0.05) is 89.5 Å². The van der Waals surface area contributed by atoms with Crippen molar-refractivity contribution < 1.29 is 4.79 Å². The number of rotatable bonds is 6. The van der Waals surface area contributed by atoms with E-state index in [0.29, 0.717) is 12.5 Å². The topological polar surface area (TPSA) is 75.9 Å². The van der Waals surface area contributed by atoms with Gasteiger partial charge in [0.05, 0.1) is 5.70 Å². The molecular formula is C27H26N6O. The van der Waals surface area contributed by atoms with Crippen molar-refractivity contribution in [3.63, 3.8) is 0 Å². The zero-order valence-corrected chi connectivity index (χ0v) is 19.2. The second-order valence-corrected chi connectivity index (χ2v) is 8.49. The van der Waals surface area contributed by atoms with Gasteiger partial charge in [-0.25, -0.2) is 0 Å². The molecule has 0 spiro atoms. The van der Waals surface area contributed by atoms with E-state index in [2.05, 4.69) is 58.1 Å². The van der Waals surface area contributed by atoms with Gasteiger partial charge in [-0.2, -0.15) is 4.68 Å². The van der Waals surface area contributed by atoms with Crippen LogP contribution in [0.1, 0.15) is 33.9 Å². The van der Waals surface area contributed by atoms with E-state index in [4.69, 9.17) is 0 Å². The Morgan fingerprint density at radius 3 is 2.44 bits per heavy atom. The number of hydrogen-bond acceptors (Lipinski definition) is 5. The van der Waals surface area contributed by atoms with E-state index in [1.807, 2.05) is 66.4 Å². The SMILES string of the molecule is Cc1ccc([C@H]2C=C(c3ccccc3)N(CC(=O)NCc3ccccc3C)c3nnnn32)cc1. The fourth-order valence-corrected chi connectivity index (χ4v) is 4.18. The molecule has 1 N–H and O–H groups in total. The largest absolute Gasteiger partial charge is 0.350 e. The number of anilines is 1. The molecule has 7 nitrogen and oxygen atoms in total. The van der Waals surface area contributed by atoms with Crippen LogP contribution in [0.25, 0.3) is 5.70 Å². The Bertz CT molecular complexity index is 1330. The Hall–Kier alpha value is -4.26. The summed E-state index contributed by atoms with van der Waals surface area (Å²) in [7, 11) is 0. The standard InChI is InChI=1S/C27H26N6O/c1-19-12-14-22(15-13-19)25-16-24(21-9-4-3-5-10-21)32(27-29-30-31-33(25)27)18-26(34)28-17-23-11-7-6-8-20(23)2/h3-16,25H,17-18H2,1-2H3,(H,28,34)/t25-/m1/s1. The predicted molar refractivity (Wildman–Crippen MR) is 132 cm³/mol. The minimum absolute atomic E-state index is 0.103. The first-order valence-corrected chi connectivity index (χ1v) is 11.3. The number of carbonyl (C=O) groups excluding carboxylic acids is 1. The van der Waals surface area contributed by atoms with E-state index < -0.39 is 0 Å².